The van der Waals surface area contributed by atoms with Crippen LogP contribution < -0.4 is 0 Å². The van der Waals surface area contributed by atoms with Gasteiger partial charge in [0.2, 0.25) is 0 Å². The van der Waals surface area contributed by atoms with Gasteiger partial charge in [0.25, 0.3) is 0 Å². The average Bonchev–Trinajstić information content (AvgIpc) is 2.40. The van der Waals surface area contributed by atoms with Crippen molar-refractivity contribution in [3.8, 4) is 0 Å². The van der Waals surface area contributed by atoms with Gasteiger partial charge in [-0.15, -0.1) is 0 Å². The molecule has 0 aliphatic heterocycles. The minimum Gasteiger partial charge on any atom is -0.478 e. The van der Waals surface area contributed by atoms with Gasteiger partial charge in [0.15, 0.2) is 0 Å². The number of carboxylic acids is 1. The van der Waals surface area contributed by atoms with Gasteiger partial charge in [0.1, 0.15) is 5.03 Å². The molecule has 3 nitrogen and oxygen atoms in total. The Morgan fingerprint density at radius 3 is 2.57 bits per heavy atom. The summed E-state index contributed by atoms with van der Waals surface area (Å²) in [5.41, 5.74) is -0.0820. The minimum absolute atomic E-state index is 0.118. The highest BCUT2D eigenvalue weighted by Crippen LogP contribution is 2.33. The van der Waals surface area contributed by atoms with E-state index in [1.54, 1.807) is 19.1 Å². The van der Waals surface area contributed by atoms with Crippen molar-refractivity contribution >= 4 is 17.7 Å². The molecule has 2 rings (SSSR count). The van der Waals surface area contributed by atoms with Gasteiger partial charge in [-0.25, -0.2) is 9.78 Å². The van der Waals surface area contributed by atoms with E-state index in [4.69, 9.17) is 5.11 Å². The van der Waals surface area contributed by atoms with Crippen LogP contribution in [-0.4, -0.2) is 16.1 Å². The zero-order valence-electron chi connectivity index (χ0n) is 10.8. The quantitative estimate of drug-likeness (QED) is 0.920. The summed E-state index contributed by atoms with van der Waals surface area (Å²) in [4.78, 5) is 15.4. The maximum Gasteiger partial charge on any atom is 0.416 e. The fraction of sp³-hybridized carbons (Fsp3) is 0.143. The SMILES string of the molecule is Cc1ccc(Sc2cc(C(F)(F)F)ccn2)cc1C(=O)O. The number of benzene rings is 1. The summed E-state index contributed by atoms with van der Waals surface area (Å²) in [7, 11) is 0. The molecule has 1 heterocycles. The van der Waals surface area contributed by atoms with Crippen LogP contribution in [0.3, 0.4) is 0 Å². The van der Waals surface area contributed by atoms with Crippen molar-refractivity contribution in [3.05, 3.63) is 53.2 Å². The topological polar surface area (TPSA) is 50.2 Å². The standard InChI is InChI=1S/C14H10F3NO2S/c1-8-2-3-10(7-11(8)13(19)20)21-12-6-9(4-5-18-12)14(15,16)17/h2-7H,1H3,(H,19,20). The van der Waals surface area contributed by atoms with Gasteiger partial charge in [-0.05, 0) is 36.8 Å². The van der Waals surface area contributed by atoms with Gasteiger partial charge in [0.05, 0.1) is 11.1 Å². The number of pyridine rings is 1. The van der Waals surface area contributed by atoms with Gasteiger partial charge in [0, 0.05) is 11.1 Å². The monoisotopic (exact) mass is 313 g/mol. The highest BCUT2D eigenvalue weighted by atomic mass is 32.2. The van der Waals surface area contributed by atoms with Crippen LogP contribution in [0.4, 0.5) is 13.2 Å². The second-order valence-corrected chi connectivity index (χ2v) is 5.36. The number of halogens is 3. The van der Waals surface area contributed by atoms with E-state index in [1.807, 2.05) is 0 Å². The lowest BCUT2D eigenvalue weighted by molar-refractivity contribution is -0.137. The number of carbonyl (C=O) groups is 1. The van der Waals surface area contributed by atoms with Crippen LogP contribution in [0.1, 0.15) is 21.5 Å². The number of nitrogens with zero attached hydrogens (tertiary/aromatic N) is 1. The summed E-state index contributed by atoms with van der Waals surface area (Å²) in [5, 5.41) is 9.19. The van der Waals surface area contributed by atoms with E-state index in [0.717, 1.165) is 30.1 Å². The molecule has 0 spiro atoms. The van der Waals surface area contributed by atoms with Crippen LogP contribution in [0, 0.1) is 6.92 Å². The Morgan fingerprint density at radius 1 is 1.24 bits per heavy atom. The van der Waals surface area contributed by atoms with E-state index in [0.29, 0.717) is 10.5 Å². The number of alkyl halides is 3. The maximum atomic E-state index is 12.6. The number of aryl methyl sites for hydroxylation is 1. The molecule has 2 aromatic rings. The zero-order chi connectivity index (χ0) is 15.6. The first-order chi connectivity index (χ1) is 9.77. The molecule has 7 heteroatoms. The third-order valence-electron chi connectivity index (χ3n) is 2.72. The van der Waals surface area contributed by atoms with E-state index in [-0.39, 0.29) is 10.6 Å². The van der Waals surface area contributed by atoms with Crippen LogP contribution in [0.25, 0.3) is 0 Å². The summed E-state index contributed by atoms with van der Waals surface area (Å²) < 4.78 is 37.8. The number of carboxylic acid groups (broad SMARTS) is 1. The highest BCUT2D eigenvalue weighted by molar-refractivity contribution is 7.99. The molecule has 1 N–H and O–H groups in total. The third-order valence-corrected chi connectivity index (χ3v) is 3.65. The molecule has 0 bridgehead atoms. The second-order valence-electron chi connectivity index (χ2n) is 4.26. The van der Waals surface area contributed by atoms with Gasteiger partial charge in [-0.2, -0.15) is 13.2 Å². The Bertz CT molecular complexity index is 686. The molecule has 0 fully saturated rings. The number of rotatable bonds is 3. The lowest BCUT2D eigenvalue weighted by atomic mass is 10.1. The van der Waals surface area contributed by atoms with Crippen molar-refractivity contribution < 1.29 is 23.1 Å². The number of hydrogen-bond donors (Lipinski definition) is 1. The van der Waals surface area contributed by atoms with E-state index in [9.17, 15) is 18.0 Å². The Kier molecular flexibility index (Phi) is 4.22. The molecular formula is C14H10F3NO2S. The predicted molar refractivity (Wildman–Crippen MR) is 71.5 cm³/mol. The molecule has 0 aliphatic carbocycles. The van der Waals surface area contributed by atoms with Crippen LogP contribution in [-0.2, 0) is 6.18 Å². The van der Waals surface area contributed by atoms with E-state index >= 15 is 0 Å². The normalized spacial score (nSPS) is 11.4. The molecule has 0 saturated heterocycles. The van der Waals surface area contributed by atoms with Crippen LogP contribution in [0.5, 0.6) is 0 Å². The summed E-state index contributed by atoms with van der Waals surface area (Å²) in [5.74, 6) is -1.08. The average molecular weight is 313 g/mol. The number of hydrogen-bond acceptors (Lipinski definition) is 3. The molecule has 1 aromatic carbocycles. The first-order valence-corrected chi connectivity index (χ1v) is 6.64. The lowest BCUT2D eigenvalue weighted by Crippen LogP contribution is -2.05. The molecule has 110 valence electrons. The van der Waals surface area contributed by atoms with E-state index in [1.165, 1.54) is 6.07 Å². The molecule has 0 saturated carbocycles. The van der Waals surface area contributed by atoms with E-state index in [2.05, 4.69) is 4.98 Å². The first kappa shape index (κ1) is 15.4. The summed E-state index contributed by atoms with van der Waals surface area (Å²) in [6.07, 6.45) is -3.35. The molecule has 0 aliphatic rings. The molecule has 0 unspecified atom stereocenters. The Labute approximate surface area is 122 Å². The van der Waals surface area contributed by atoms with Crippen molar-refractivity contribution in [1.29, 1.82) is 0 Å². The molecule has 0 amide bonds. The molecule has 0 atom stereocenters. The van der Waals surface area contributed by atoms with Gasteiger partial charge >= 0.3 is 12.1 Å². The smallest absolute Gasteiger partial charge is 0.416 e. The second kappa shape index (κ2) is 5.77. The Hall–Kier alpha value is -2.02. The van der Waals surface area contributed by atoms with Crippen molar-refractivity contribution in [2.24, 2.45) is 0 Å². The summed E-state index contributed by atoms with van der Waals surface area (Å²) >= 11 is 0.984. The Balaban J connectivity index is 2.31. The fourth-order valence-corrected chi connectivity index (χ4v) is 2.51. The molecule has 0 radical (unpaired) electrons. The van der Waals surface area contributed by atoms with Crippen molar-refractivity contribution in [1.82, 2.24) is 4.98 Å². The van der Waals surface area contributed by atoms with E-state index < -0.39 is 17.7 Å². The van der Waals surface area contributed by atoms with Crippen molar-refractivity contribution in [2.75, 3.05) is 0 Å². The third kappa shape index (κ3) is 3.75. The summed E-state index contributed by atoms with van der Waals surface area (Å²) in [6.45, 7) is 1.65. The molecular weight excluding hydrogens is 303 g/mol. The van der Waals surface area contributed by atoms with Crippen LogP contribution in [0.15, 0.2) is 46.5 Å². The molecule has 1 aromatic heterocycles. The minimum atomic E-state index is -4.43. The summed E-state index contributed by atoms with van der Waals surface area (Å²) in [6, 6.07) is 6.50. The molecule has 21 heavy (non-hydrogen) atoms. The number of aromatic nitrogens is 1. The van der Waals surface area contributed by atoms with Crippen molar-refractivity contribution in [2.45, 2.75) is 23.0 Å². The maximum absolute atomic E-state index is 12.6. The van der Waals surface area contributed by atoms with Gasteiger partial charge in [-0.3, -0.25) is 0 Å². The van der Waals surface area contributed by atoms with Gasteiger partial charge in [-0.1, -0.05) is 17.8 Å². The largest absolute Gasteiger partial charge is 0.478 e. The van der Waals surface area contributed by atoms with Crippen LogP contribution in [0.2, 0.25) is 0 Å². The Morgan fingerprint density at radius 2 is 1.95 bits per heavy atom. The van der Waals surface area contributed by atoms with Gasteiger partial charge < -0.3 is 5.11 Å². The zero-order valence-corrected chi connectivity index (χ0v) is 11.6. The van der Waals surface area contributed by atoms with Crippen molar-refractivity contribution in [3.63, 3.8) is 0 Å². The first-order valence-electron chi connectivity index (χ1n) is 5.82. The highest BCUT2D eigenvalue weighted by Gasteiger charge is 2.30. The number of aromatic carboxylic acids is 1. The van der Waals surface area contributed by atoms with Crippen LogP contribution >= 0.6 is 11.8 Å². The fourth-order valence-electron chi connectivity index (χ4n) is 1.66. The predicted octanol–water partition coefficient (Wildman–Crippen LogP) is 4.26. The lowest BCUT2D eigenvalue weighted by Gasteiger charge is -2.08.